The van der Waals surface area contributed by atoms with Crippen LogP contribution in [0.15, 0.2) is 97.2 Å². The molecule has 1 amide bonds. The molecule has 0 spiro atoms. The highest BCUT2D eigenvalue weighted by molar-refractivity contribution is 5.99. The molecule has 0 aliphatic heterocycles. The number of hydrogen-bond donors (Lipinski definition) is 2. The molecule has 0 bridgehead atoms. The molecule has 1 aromatic heterocycles. The van der Waals surface area contributed by atoms with Crippen molar-refractivity contribution in [2.24, 2.45) is 0 Å². The number of aliphatic hydroxyl groups is 1. The maximum Gasteiger partial charge on any atom is 0.255 e. The minimum Gasteiger partial charge on any atom is -0.388 e. The first-order chi connectivity index (χ1) is 16.6. The third-order valence-electron chi connectivity index (χ3n) is 5.56. The summed E-state index contributed by atoms with van der Waals surface area (Å²) in [5.41, 5.74) is 3.79. The molecule has 0 radical (unpaired) electrons. The molecule has 0 aliphatic rings. The first kappa shape index (κ1) is 23.1. The van der Waals surface area contributed by atoms with Gasteiger partial charge < -0.3 is 15.3 Å². The van der Waals surface area contributed by atoms with Crippen molar-refractivity contribution in [1.29, 1.82) is 0 Å². The van der Waals surface area contributed by atoms with Crippen molar-refractivity contribution in [3.8, 4) is 11.3 Å². The van der Waals surface area contributed by atoms with Crippen molar-refractivity contribution >= 4 is 11.9 Å². The van der Waals surface area contributed by atoms with E-state index in [2.05, 4.69) is 22.4 Å². The third kappa shape index (κ3) is 5.85. The Balaban J connectivity index is 1.51. The summed E-state index contributed by atoms with van der Waals surface area (Å²) in [5.74, 6) is 0.273. The number of aliphatic hydroxyl groups excluding tert-OH is 1. The molecule has 4 aromatic rings. The third-order valence-corrected chi connectivity index (χ3v) is 5.56. The molecule has 0 fully saturated rings. The predicted octanol–water partition coefficient (Wildman–Crippen LogP) is 4.63. The van der Waals surface area contributed by atoms with Gasteiger partial charge in [-0.1, -0.05) is 91.0 Å². The highest BCUT2D eigenvalue weighted by Crippen LogP contribution is 2.24. The fraction of sp³-hybridized carbons (Fsp3) is 0.179. The molecule has 0 saturated carbocycles. The average molecular weight is 453 g/mol. The van der Waals surface area contributed by atoms with E-state index < -0.39 is 6.10 Å². The van der Waals surface area contributed by atoms with E-state index in [0.29, 0.717) is 36.7 Å². The summed E-state index contributed by atoms with van der Waals surface area (Å²) in [6, 6.07) is 29.2. The van der Waals surface area contributed by atoms with Crippen LogP contribution in [0.3, 0.4) is 0 Å². The Labute approximate surface area is 199 Å². The van der Waals surface area contributed by atoms with Crippen molar-refractivity contribution in [2.45, 2.75) is 19.1 Å². The van der Waals surface area contributed by atoms with Crippen molar-refractivity contribution in [2.75, 3.05) is 18.5 Å². The van der Waals surface area contributed by atoms with Gasteiger partial charge in [0.25, 0.3) is 5.91 Å². The Hall–Kier alpha value is -4.03. The molecular formula is C28H28N4O2. The van der Waals surface area contributed by atoms with Gasteiger partial charge >= 0.3 is 0 Å². The number of nitrogens with one attached hydrogen (secondary N) is 1. The quantitative estimate of drug-likeness (QED) is 0.387. The fourth-order valence-corrected chi connectivity index (χ4v) is 3.73. The van der Waals surface area contributed by atoms with Crippen LogP contribution in [0.2, 0.25) is 0 Å². The summed E-state index contributed by atoms with van der Waals surface area (Å²) in [6.45, 7) is 0.983. The zero-order valence-corrected chi connectivity index (χ0v) is 19.1. The second-order valence-corrected chi connectivity index (χ2v) is 8.11. The number of aromatic nitrogens is 2. The van der Waals surface area contributed by atoms with Gasteiger partial charge in [0.15, 0.2) is 0 Å². The largest absolute Gasteiger partial charge is 0.388 e. The highest BCUT2D eigenvalue weighted by Gasteiger charge is 2.18. The van der Waals surface area contributed by atoms with Gasteiger partial charge in [-0.25, -0.2) is 9.97 Å². The lowest BCUT2D eigenvalue weighted by Gasteiger charge is -2.19. The van der Waals surface area contributed by atoms with Crippen LogP contribution in [0.4, 0.5) is 5.95 Å². The average Bonchev–Trinajstić information content (AvgIpc) is 2.89. The molecule has 172 valence electrons. The second-order valence-electron chi connectivity index (χ2n) is 8.11. The molecule has 34 heavy (non-hydrogen) atoms. The lowest BCUT2D eigenvalue weighted by Crippen LogP contribution is -2.27. The first-order valence-electron chi connectivity index (χ1n) is 11.3. The van der Waals surface area contributed by atoms with Gasteiger partial charge in [-0.2, -0.15) is 0 Å². The number of anilines is 1. The van der Waals surface area contributed by atoms with E-state index in [1.54, 1.807) is 6.20 Å². The number of carbonyl (C=O) groups is 1. The van der Waals surface area contributed by atoms with E-state index in [1.807, 2.05) is 90.8 Å². The highest BCUT2D eigenvalue weighted by atomic mass is 16.3. The van der Waals surface area contributed by atoms with Crippen LogP contribution in [-0.2, 0) is 6.54 Å². The van der Waals surface area contributed by atoms with E-state index in [1.165, 1.54) is 0 Å². The van der Waals surface area contributed by atoms with E-state index in [-0.39, 0.29) is 5.91 Å². The van der Waals surface area contributed by atoms with Crippen LogP contribution in [0.25, 0.3) is 11.3 Å². The van der Waals surface area contributed by atoms with Gasteiger partial charge in [0.05, 0.1) is 17.4 Å². The lowest BCUT2D eigenvalue weighted by molar-refractivity contribution is 0.0942. The van der Waals surface area contributed by atoms with Gasteiger partial charge in [0.1, 0.15) is 0 Å². The summed E-state index contributed by atoms with van der Waals surface area (Å²) in [5, 5.41) is 13.3. The topological polar surface area (TPSA) is 78.4 Å². The molecule has 2 N–H and O–H groups in total. The Kier molecular flexibility index (Phi) is 7.63. The zero-order valence-electron chi connectivity index (χ0n) is 19.1. The van der Waals surface area contributed by atoms with Crippen LogP contribution >= 0.6 is 0 Å². The summed E-state index contributed by atoms with van der Waals surface area (Å²) in [7, 11) is 1.93. The standard InChI is InChI=1S/C28H28N4O2/c1-32(20-21-11-5-2-6-12-21)28-30-19-24(26(31-28)23-15-9-4-10-16-23)27(34)29-18-17-25(33)22-13-7-3-8-14-22/h2-16,19,25,33H,17-18,20H2,1H3,(H,29,34). The summed E-state index contributed by atoms with van der Waals surface area (Å²) >= 11 is 0. The van der Waals surface area contributed by atoms with E-state index in [0.717, 1.165) is 16.7 Å². The van der Waals surface area contributed by atoms with Crippen LogP contribution in [0.1, 0.15) is 34.0 Å². The Morgan fingerprint density at radius 3 is 2.24 bits per heavy atom. The molecule has 1 atom stereocenters. The number of rotatable bonds is 9. The number of carbonyl (C=O) groups excluding carboxylic acids is 1. The lowest BCUT2D eigenvalue weighted by atomic mass is 10.1. The van der Waals surface area contributed by atoms with Gasteiger partial charge in [-0.15, -0.1) is 0 Å². The molecule has 1 unspecified atom stereocenters. The number of amides is 1. The Morgan fingerprint density at radius 2 is 1.56 bits per heavy atom. The molecule has 6 heteroatoms. The normalized spacial score (nSPS) is 11.6. The Bertz CT molecular complexity index is 1200. The van der Waals surface area contributed by atoms with Crippen molar-refractivity contribution in [3.05, 3.63) is 114 Å². The zero-order chi connectivity index (χ0) is 23.8. The SMILES string of the molecule is CN(Cc1ccccc1)c1ncc(C(=O)NCCC(O)c2ccccc2)c(-c2ccccc2)n1. The smallest absolute Gasteiger partial charge is 0.255 e. The second kappa shape index (κ2) is 11.2. The molecule has 4 rings (SSSR count). The summed E-state index contributed by atoms with van der Waals surface area (Å²) in [4.78, 5) is 24.2. The fourth-order valence-electron chi connectivity index (χ4n) is 3.73. The Morgan fingerprint density at radius 1 is 0.941 bits per heavy atom. The van der Waals surface area contributed by atoms with Crippen molar-refractivity contribution in [3.63, 3.8) is 0 Å². The van der Waals surface area contributed by atoms with Gasteiger partial charge in [0, 0.05) is 31.9 Å². The van der Waals surface area contributed by atoms with Gasteiger partial charge in [0.2, 0.25) is 5.95 Å². The molecule has 3 aromatic carbocycles. The first-order valence-corrected chi connectivity index (χ1v) is 11.3. The number of hydrogen-bond acceptors (Lipinski definition) is 5. The van der Waals surface area contributed by atoms with E-state index in [9.17, 15) is 9.90 Å². The van der Waals surface area contributed by atoms with Crippen LogP contribution in [0, 0.1) is 0 Å². The molecule has 6 nitrogen and oxygen atoms in total. The number of nitrogens with zero attached hydrogens (tertiary/aromatic N) is 3. The number of benzene rings is 3. The minimum atomic E-state index is -0.639. The van der Waals surface area contributed by atoms with Crippen LogP contribution < -0.4 is 10.2 Å². The van der Waals surface area contributed by atoms with Gasteiger partial charge in [-0.05, 0) is 17.5 Å². The van der Waals surface area contributed by atoms with Crippen LogP contribution in [0.5, 0.6) is 0 Å². The summed E-state index contributed by atoms with van der Waals surface area (Å²) in [6.07, 6.45) is 1.35. The van der Waals surface area contributed by atoms with Crippen molar-refractivity contribution < 1.29 is 9.90 Å². The maximum absolute atomic E-state index is 13.0. The summed E-state index contributed by atoms with van der Waals surface area (Å²) < 4.78 is 0. The molecular weight excluding hydrogens is 424 g/mol. The maximum atomic E-state index is 13.0. The predicted molar refractivity (Wildman–Crippen MR) is 134 cm³/mol. The molecule has 0 saturated heterocycles. The minimum absolute atomic E-state index is 0.267. The van der Waals surface area contributed by atoms with E-state index in [4.69, 9.17) is 4.98 Å². The van der Waals surface area contributed by atoms with E-state index >= 15 is 0 Å². The molecule has 0 aliphatic carbocycles. The monoisotopic (exact) mass is 452 g/mol. The van der Waals surface area contributed by atoms with Crippen molar-refractivity contribution in [1.82, 2.24) is 15.3 Å². The van der Waals surface area contributed by atoms with Crippen LogP contribution in [-0.4, -0.2) is 34.6 Å². The molecule has 1 heterocycles. The van der Waals surface area contributed by atoms with Gasteiger partial charge in [-0.3, -0.25) is 4.79 Å².